The van der Waals surface area contributed by atoms with Gasteiger partial charge in [0.2, 0.25) is 0 Å². The van der Waals surface area contributed by atoms with Gasteiger partial charge in [0.05, 0.1) is 11.1 Å². The molecule has 0 atom stereocenters. The van der Waals surface area contributed by atoms with Crippen LogP contribution in [0.4, 0.5) is 13.2 Å². The van der Waals surface area contributed by atoms with E-state index in [0.717, 1.165) is 23.2 Å². The van der Waals surface area contributed by atoms with E-state index < -0.39 is 17.7 Å². The van der Waals surface area contributed by atoms with Crippen LogP contribution in [-0.2, 0) is 19.1 Å². The van der Waals surface area contributed by atoms with Crippen LogP contribution in [0.1, 0.15) is 47.8 Å². The van der Waals surface area contributed by atoms with Crippen molar-refractivity contribution in [3.05, 3.63) is 70.9 Å². The topological polar surface area (TPSA) is 42.2 Å². The van der Waals surface area contributed by atoms with Crippen molar-refractivity contribution in [1.82, 2.24) is 4.57 Å². The van der Waals surface area contributed by atoms with E-state index >= 15 is 0 Å². The Kier molecular flexibility index (Phi) is 6.31. The number of carboxylic acid groups (broad SMARTS) is 1. The highest BCUT2D eigenvalue weighted by atomic mass is 19.4. The first-order valence-electron chi connectivity index (χ1n) is 8.81. The molecule has 2 aromatic carbocycles. The summed E-state index contributed by atoms with van der Waals surface area (Å²) < 4.78 is 39.9. The Balaban J connectivity index is 0.00000126. The van der Waals surface area contributed by atoms with E-state index in [9.17, 15) is 23.1 Å². The Bertz CT molecular complexity index is 925. The van der Waals surface area contributed by atoms with Crippen LogP contribution in [0.2, 0.25) is 0 Å². The fourth-order valence-corrected chi connectivity index (χ4v) is 3.03. The second-order valence-electron chi connectivity index (χ2n) is 5.82. The van der Waals surface area contributed by atoms with Gasteiger partial charge in [0.1, 0.15) is 0 Å². The van der Waals surface area contributed by atoms with Crippen molar-refractivity contribution in [3.63, 3.8) is 0 Å². The molecule has 0 amide bonds. The van der Waals surface area contributed by atoms with Crippen molar-refractivity contribution in [3.8, 4) is 0 Å². The second-order valence-corrected chi connectivity index (χ2v) is 5.82. The second kappa shape index (κ2) is 8.29. The number of carbonyl (C=O) groups is 1. The highest BCUT2D eigenvalue weighted by molar-refractivity contribution is 6.05. The maximum absolute atomic E-state index is 12.7. The lowest BCUT2D eigenvalue weighted by Gasteiger charge is -2.09. The molecule has 0 radical (unpaired) electrons. The van der Waals surface area contributed by atoms with Crippen molar-refractivity contribution in [2.45, 2.75) is 39.9 Å². The van der Waals surface area contributed by atoms with Crippen molar-refractivity contribution in [2.75, 3.05) is 0 Å². The minimum absolute atomic E-state index is 0.208. The summed E-state index contributed by atoms with van der Waals surface area (Å²) in [5, 5.41) is 10.1. The standard InChI is InChI=1S/C19H16F3NO2.C2H6/c1-2-23-11-15(18(24)25)17-13(4-3-5-16(17)23)10-12-6-8-14(9-7-12)19(20,21)22;1-2/h3-9,11H,2,10H2,1H3,(H,24,25);1-2H3. The molecule has 0 saturated carbocycles. The van der Waals surface area contributed by atoms with Gasteiger partial charge in [0.25, 0.3) is 0 Å². The van der Waals surface area contributed by atoms with E-state index in [2.05, 4.69) is 0 Å². The van der Waals surface area contributed by atoms with E-state index in [-0.39, 0.29) is 5.56 Å². The number of aryl methyl sites for hydroxylation is 1. The van der Waals surface area contributed by atoms with E-state index in [4.69, 9.17) is 0 Å². The first-order valence-corrected chi connectivity index (χ1v) is 8.81. The van der Waals surface area contributed by atoms with Gasteiger partial charge in [-0.15, -0.1) is 0 Å². The van der Waals surface area contributed by atoms with Crippen LogP contribution in [0, 0.1) is 0 Å². The molecular weight excluding hydrogens is 355 g/mol. The SMILES string of the molecule is CC.CCn1cc(C(=O)O)c2c(Cc3ccc(C(F)(F)F)cc3)cccc21. The Labute approximate surface area is 156 Å². The summed E-state index contributed by atoms with van der Waals surface area (Å²) in [7, 11) is 0. The Hall–Kier alpha value is -2.76. The molecule has 144 valence electrons. The minimum atomic E-state index is -4.37. The lowest BCUT2D eigenvalue weighted by Crippen LogP contribution is -2.04. The maximum Gasteiger partial charge on any atom is 0.416 e. The zero-order chi connectivity index (χ0) is 20.2. The van der Waals surface area contributed by atoms with Gasteiger partial charge >= 0.3 is 12.1 Å². The molecule has 0 aliphatic carbocycles. The molecule has 0 bridgehead atoms. The average Bonchev–Trinajstić information content (AvgIpc) is 3.03. The summed E-state index contributed by atoms with van der Waals surface area (Å²) in [5.74, 6) is -1.02. The van der Waals surface area contributed by atoms with E-state index in [0.29, 0.717) is 23.9 Å². The number of halogens is 3. The number of hydrogen-bond acceptors (Lipinski definition) is 1. The fourth-order valence-electron chi connectivity index (χ4n) is 3.03. The van der Waals surface area contributed by atoms with Gasteiger partial charge < -0.3 is 9.67 Å². The lowest BCUT2D eigenvalue weighted by atomic mass is 9.98. The summed E-state index contributed by atoms with van der Waals surface area (Å²) in [6.07, 6.45) is -2.40. The van der Waals surface area contributed by atoms with Crippen LogP contribution in [0.25, 0.3) is 10.9 Å². The predicted octanol–water partition coefficient (Wildman–Crippen LogP) is 6.00. The van der Waals surface area contributed by atoms with Crippen molar-refractivity contribution < 1.29 is 23.1 Å². The number of carboxylic acids is 1. The molecule has 1 heterocycles. The number of nitrogens with zero attached hydrogens (tertiary/aromatic N) is 1. The Morgan fingerprint density at radius 1 is 1.07 bits per heavy atom. The Morgan fingerprint density at radius 2 is 1.70 bits per heavy atom. The number of aromatic carboxylic acids is 1. The van der Waals surface area contributed by atoms with Gasteiger partial charge in [0.15, 0.2) is 0 Å². The number of fused-ring (bicyclic) bond motifs is 1. The number of aromatic nitrogens is 1. The summed E-state index contributed by atoms with van der Waals surface area (Å²) >= 11 is 0. The maximum atomic E-state index is 12.7. The van der Waals surface area contributed by atoms with Gasteiger partial charge in [-0.3, -0.25) is 0 Å². The molecule has 6 heteroatoms. The third-order valence-corrected chi connectivity index (χ3v) is 4.24. The predicted molar refractivity (Wildman–Crippen MR) is 100 cm³/mol. The van der Waals surface area contributed by atoms with Gasteiger partial charge in [-0.1, -0.05) is 38.1 Å². The minimum Gasteiger partial charge on any atom is -0.478 e. The third kappa shape index (κ3) is 4.32. The lowest BCUT2D eigenvalue weighted by molar-refractivity contribution is -0.137. The largest absolute Gasteiger partial charge is 0.478 e. The number of alkyl halides is 3. The highest BCUT2D eigenvalue weighted by Gasteiger charge is 2.30. The summed E-state index contributed by atoms with van der Waals surface area (Å²) in [6, 6.07) is 10.4. The molecule has 0 fully saturated rings. The van der Waals surface area contributed by atoms with Crippen molar-refractivity contribution in [2.24, 2.45) is 0 Å². The molecule has 3 nitrogen and oxygen atoms in total. The fraction of sp³-hybridized carbons (Fsp3) is 0.286. The summed E-state index contributed by atoms with van der Waals surface area (Å²) in [4.78, 5) is 11.6. The normalized spacial score (nSPS) is 11.2. The average molecular weight is 377 g/mol. The number of rotatable bonds is 4. The van der Waals surface area contributed by atoms with Crippen molar-refractivity contribution >= 4 is 16.9 Å². The molecule has 0 aliphatic rings. The number of benzene rings is 2. The molecule has 3 aromatic rings. The Morgan fingerprint density at radius 3 is 2.22 bits per heavy atom. The molecule has 1 aromatic heterocycles. The van der Waals surface area contributed by atoms with Crippen molar-refractivity contribution in [1.29, 1.82) is 0 Å². The monoisotopic (exact) mass is 377 g/mol. The molecule has 0 saturated heterocycles. The number of hydrogen-bond donors (Lipinski definition) is 1. The molecule has 27 heavy (non-hydrogen) atoms. The van der Waals surface area contributed by atoms with Crippen LogP contribution in [0.3, 0.4) is 0 Å². The first-order chi connectivity index (χ1) is 12.8. The van der Waals surface area contributed by atoms with Crippen LogP contribution < -0.4 is 0 Å². The van der Waals surface area contributed by atoms with E-state index in [1.807, 2.05) is 43.5 Å². The van der Waals surface area contributed by atoms with Crippen LogP contribution in [-0.4, -0.2) is 15.6 Å². The summed E-state index contributed by atoms with van der Waals surface area (Å²) in [6.45, 7) is 6.56. The molecule has 3 rings (SSSR count). The van der Waals surface area contributed by atoms with E-state index in [1.54, 1.807) is 6.20 Å². The van der Waals surface area contributed by atoms with Gasteiger partial charge in [-0.2, -0.15) is 13.2 Å². The molecular formula is C21H22F3NO2. The van der Waals surface area contributed by atoms with E-state index in [1.165, 1.54) is 12.1 Å². The van der Waals surface area contributed by atoms with Crippen LogP contribution in [0.15, 0.2) is 48.7 Å². The summed E-state index contributed by atoms with van der Waals surface area (Å²) in [5.41, 5.74) is 1.80. The smallest absolute Gasteiger partial charge is 0.416 e. The van der Waals surface area contributed by atoms with Gasteiger partial charge in [-0.05, 0) is 42.7 Å². The van der Waals surface area contributed by atoms with Gasteiger partial charge in [-0.25, -0.2) is 4.79 Å². The highest BCUT2D eigenvalue weighted by Crippen LogP contribution is 2.31. The molecule has 1 N–H and O–H groups in total. The molecule has 0 spiro atoms. The zero-order valence-electron chi connectivity index (χ0n) is 15.5. The zero-order valence-corrected chi connectivity index (χ0v) is 15.5. The first kappa shape index (κ1) is 20.6. The van der Waals surface area contributed by atoms with Gasteiger partial charge in [0, 0.05) is 23.6 Å². The van der Waals surface area contributed by atoms with Crippen LogP contribution >= 0.6 is 0 Å². The molecule has 0 aliphatic heterocycles. The quantitative estimate of drug-likeness (QED) is 0.606. The third-order valence-electron chi connectivity index (χ3n) is 4.24. The molecule has 0 unspecified atom stereocenters. The van der Waals surface area contributed by atoms with Crippen LogP contribution in [0.5, 0.6) is 0 Å².